The van der Waals surface area contributed by atoms with Crippen molar-refractivity contribution in [1.29, 1.82) is 0 Å². The predicted molar refractivity (Wildman–Crippen MR) is 241 cm³/mol. The third kappa shape index (κ3) is 8.14. The van der Waals surface area contributed by atoms with Crippen LogP contribution in [0.4, 0.5) is 0 Å². The summed E-state index contributed by atoms with van der Waals surface area (Å²) in [7, 11) is 0. The molecule has 2 aromatic carbocycles. The number of carbonyl (C=O) groups is 2. The fourth-order valence-corrected chi connectivity index (χ4v) is 11.8. The number of Topliss-reactive ketones (excluding diaryl/α,β-unsaturated/α-hetero) is 2. The van der Waals surface area contributed by atoms with Gasteiger partial charge >= 0.3 is 0 Å². The van der Waals surface area contributed by atoms with Crippen LogP contribution in [0.25, 0.3) is 12.2 Å². The normalized spacial score (nSPS) is 28.5. The molecule has 4 aromatic rings. The number of ether oxygens (including phenoxy) is 1. The first-order chi connectivity index (χ1) is 29.0. The van der Waals surface area contributed by atoms with Gasteiger partial charge in [-0.1, -0.05) is 87.9 Å². The SMILES string of the molecule is CCC[C@@]1(O)CC[C@@]2(CC)c3ccc(C(=O)Cc4cccnc4C)cc3C=CC[C@H]2C1.CC[C@@]12CC[C@]3(CO3)C[C@@H]1CC=Cc1cc(C(=O)Cc3cccnc3C)ccc12. The fourth-order valence-electron chi connectivity index (χ4n) is 11.8. The number of ketones is 2. The number of hydrogen-bond donors (Lipinski definition) is 1. The van der Waals surface area contributed by atoms with Gasteiger partial charge in [0.1, 0.15) is 0 Å². The van der Waals surface area contributed by atoms with Crippen molar-refractivity contribution in [2.45, 2.75) is 147 Å². The van der Waals surface area contributed by atoms with E-state index in [-0.39, 0.29) is 28.0 Å². The smallest absolute Gasteiger partial charge is 0.167 e. The summed E-state index contributed by atoms with van der Waals surface area (Å²) in [6, 6.07) is 20.5. The summed E-state index contributed by atoms with van der Waals surface area (Å²) >= 11 is 0. The van der Waals surface area contributed by atoms with Crippen molar-refractivity contribution in [2.75, 3.05) is 6.61 Å². The fraction of sp³-hybridized carbons (Fsp3) is 0.481. The van der Waals surface area contributed by atoms with Gasteiger partial charge in [-0.05, 0) is 165 Å². The number of aliphatic hydroxyl groups is 1. The van der Waals surface area contributed by atoms with E-state index >= 15 is 0 Å². The summed E-state index contributed by atoms with van der Waals surface area (Å²) in [4.78, 5) is 34.7. The molecule has 0 unspecified atom stereocenters. The zero-order chi connectivity index (χ0) is 42.1. The Hall–Kier alpha value is -4.52. The maximum Gasteiger partial charge on any atom is 0.167 e. The Kier molecular flexibility index (Phi) is 12.0. The lowest BCUT2D eigenvalue weighted by atomic mass is 9.56. The Bertz CT molecular complexity index is 2300. The zero-order valence-corrected chi connectivity index (χ0v) is 36.6. The van der Waals surface area contributed by atoms with Crippen LogP contribution in [0, 0.1) is 25.7 Å². The summed E-state index contributed by atoms with van der Waals surface area (Å²) in [5.41, 5.74) is 10.6. The van der Waals surface area contributed by atoms with Crippen LogP contribution in [-0.2, 0) is 28.4 Å². The number of hydrogen-bond acceptors (Lipinski definition) is 6. The first kappa shape index (κ1) is 42.2. The number of allylic oxidation sites excluding steroid dienone is 2. The molecule has 3 fully saturated rings. The van der Waals surface area contributed by atoms with Crippen LogP contribution in [0.2, 0.25) is 0 Å². The van der Waals surface area contributed by atoms with E-state index in [0.717, 1.165) is 104 Å². The molecule has 1 N–H and O–H groups in total. The second-order valence-electron chi connectivity index (χ2n) is 18.8. The third-order valence-electron chi connectivity index (χ3n) is 15.6. The molecular weight excluding hydrogens is 741 g/mol. The molecular formula is C54H64N2O4. The van der Waals surface area contributed by atoms with Crippen LogP contribution in [0.3, 0.4) is 0 Å². The number of carbonyl (C=O) groups excluding carboxylic acids is 2. The summed E-state index contributed by atoms with van der Waals surface area (Å²) in [5.74, 6) is 1.37. The monoisotopic (exact) mass is 804 g/mol. The van der Waals surface area contributed by atoms with Crippen molar-refractivity contribution in [2.24, 2.45) is 11.8 Å². The van der Waals surface area contributed by atoms with Crippen molar-refractivity contribution in [1.82, 2.24) is 9.97 Å². The third-order valence-corrected chi connectivity index (χ3v) is 15.6. The minimum atomic E-state index is -0.520. The number of benzene rings is 2. The molecule has 1 saturated heterocycles. The molecule has 6 atom stereocenters. The Morgan fingerprint density at radius 1 is 0.700 bits per heavy atom. The average Bonchev–Trinajstić information content (AvgIpc) is 4.06. The van der Waals surface area contributed by atoms with Crippen LogP contribution < -0.4 is 0 Å². The highest BCUT2D eigenvalue weighted by molar-refractivity contribution is 5.99. The maximum absolute atomic E-state index is 13.0. The lowest BCUT2D eigenvalue weighted by molar-refractivity contribution is -0.0520. The Morgan fingerprint density at radius 3 is 1.67 bits per heavy atom. The molecule has 2 saturated carbocycles. The van der Waals surface area contributed by atoms with E-state index < -0.39 is 5.60 Å². The molecule has 314 valence electrons. The molecule has 0 radical (unpaired) electrons. The Balaban J connectivity index is 0.000000167. The molecule has 1 aliphatic heterocycles. The summed E-state index contributed by atoms with van der Waals surface area (Å²) in [5, 5.41) is 11.2. The number of epoxide rings is 1. The molecule has 9 rings (SSSR count). The van der Waals surface area contributed by atoms with Gasteiger partial charge in [0, 0.05) is 47.8 Å². The average molecular weight is 805 g/mol. The molecule has 3 heterocycles. The van der Waals surface area contributed by atoms with Crippen LogP contribution in [0.5, 0.6) is 0 Å². The number of aromatic nitrogens is 2. The van der Waals surface area contributed by atoms with Gasteiger partial charge in [-0.15, -0.1) is 0 Å². The number of pyridine rings is 2. The first-order valence-electron chi connectivity index (χ1n) is 22.8. The first-order valence-corrected chi connectivity index (χ1v) is 22.8. The number of nitrogens with zero attached hydrogens (tertiary/aromatic N) is 2. The molecule has 6 nitrogen and oxygen atoms in total. The van der Waals surface area contributed by atoms with Gasteiger partial charge in [-0.3, -0.25) is 19.6 Å². The van der Waals surface area contributed by atoms with E-state index in [2.05, 4.69) is 85.4 Å². The Labute approximate surface area is 358 Å². The van der Waals surface area contributed by atoms with Crippen molar-refractivity contribution < 1.29 is 19.4 Å². The molecule has 5 aliphatic rings. The molecule has 60 heavy (non-hydrogen) atoms. The van der Waals surface area contributed by atoms with Gasteiger partial charge in [0.15, 0.2) is 11.6 Å². The van der Waals surface area contributed by atoms with Crippen molar-refractivity contribution >= 4 is 23.7 Å². The summed E-state index contributed by atoms with van der Waals surface area (Å²) in [6.07, 6.45) is 25.9. The molecule has 1 spiro atoms. The van der Waals surface area contributed by atoms with Crippen molar-refractivity contribution in [3.63, 3.8) is 0 Å². The van der Waals surface area contributed by atoms with Crippen LogP contribution in [0.1, 0.15) is 163 Å². The topological polar surface area (TPSA) is 92.7 Å². The number of aryl methyl sites for hydroxylation is 2. The van der Waals surface area contributed by atoms with Gasteiger partial charge in [-0.2, -0.15) is 0 Å². The van der Waals surface area contributed by atoms with E-state index in [1.165, 1.54) is 35.1 Å². The number of fused-ring (bicyclic) bond motifs is 6. The van der Waals surface area contributed by atoms with Crippen LogP contribution in [0.15, 0.2) is 85.2 Å². The molecule has 0 bridgehead atoms. The summed E-state index contributed by atoms with van der Waals surface area (Å²) in [6.45, 7) is 11.6. The van der Waals surface area contributed by atoms with Crippen LogP contribution in [-0.4, -0.2) is 44.4 Å². The van der Waals surface area contributed by atoms with Crippen molar-refractivity contribution in [3.05, 3.63) is 141 Å². The molecule has 0 amide bonds. The maximum atomic E-state index is 13.0. The van der Waals surface area contributed by atoms with Crippen molar-refractivity contribution in [3.8, 4) is 0 Å². The molecule has 6 heteroatoms. The van der Waals surface area contributed by atoms with E-state index in [0.29, 0.717) is 24.7 Å². The van der Waals surface area contributed by atoms with E-state index in [9.17, 15) is 14.7 Å². The minimum Gasteiger partial charge on any atom is -0.390 e. The highest BCUT2D eigenvalue weighted by Crippen LogP contribution is 2.57. The lowest BCUT2D eigenvalue weighted by Crippen LogP contribution is -2.47. The highest BCUT2D eigenvalue weighted by atomic mass is 16.6. The van der Waals surface area contributed by atoms with E-state index in [1.807, 2.05) is 44.2 Å². The largest absolute Gasteiger partial charge is 0.390 e. The van der Waals surface area contributed by atoms with E-state index in [4.69, 9.17) is 4.74 Å². The molecule has 2 aromatic heterocycles. The quantitative estimate of drug-likeness (QED) is 0.127. The van der Waals surface area contributed by atoms with Gasteiger partial charge in [-0.25, -0.2) is 0 Å². The van der Waals surface area contributed by atoms with E-state index in [1.54, 1.807) is 12.4 Å². The summed E-state index contributed by atoms with van der Waals surface area (Å²) < 4.78 is 5.85. The lowest BCUT2D eigenvalue weighted by Gasteiger charge is -2.50. The van der Waals surface area contributed by atoms with Gasteiger partial charge in [0.2, 0.25) is 0 Å². The van der Waals surface area contributed by atoms with Gasteiger partial charge in [0.05, 0.1) is 17.8 Å². The second-order valence-corrected chi connectivity index (χ2v) is 18.8. The second kappa shape index (κ2) is 17.1. The predicted octanol–water partition coefficient (Wildman–Crippen LogP) is 11.7. The standard InChI is InChI=1S/C28H35NO2.C26H29NO2/c1-4-13-27(31)14-15-28(5-2)24(19-27)10-6-8-22-17-23(11-12-25(22)28)26(30)18-21-9-7-16-29-20(21)3;1-3-26-12-11-25(17-29-25)16-22(26)8-4-6-20-14-21(9-10-23(20)26)24(28)15-19-7-5-13-27-18(19)2/h6-9,11-12,16-17,24,31H,4-5,10,13-15,18-19H2,1-3H3;4-7,9-10,13-14,22H,3,8,11-12,15-17H2,1-2H3/t24-,27+,28+;22-,25+,26+/m00/s1. The Morgan fingerprint density at radius 2 is 1.20 bits per heavy atom. The molecule has 4 aliphatic carbocycles. The zero-order valence-electron chi connectivity index (χ0n) is 36.6. The number of rotatable bonds is 10. The minimum absolute atomic E-state index is 0.0837. The highest BCUT2D eigenvalue weighted by Gasteiger charge is 2.56. The van der Waals surface area contributed by atoms with Gasteiger partial charge < -0.3 is 9.84 Å². The van der Waals surface area contributed by atoms with Gasteiger partial charge in [0.25, 0.3) is 0 Å². The van der Waals surface area contributed by atoms with Crippen LogP contribution >= 0.6 is 0 Å².